The minimum atomic E-state index is -0.0453. The lowest BCUT2D eigenvalue weighted by atomic mass is 9.90. The molecule has 0 aliphatic heterocycles. The Hall–Kier alpha value is -2.08. The van der Waals surface area contributed by atoms with Crippen molar-refractivity contribution in [3.8, 4) is 11.5 Å². The summed E-state index contributed by atoms with van der Waals surface area (Å²) >= 11 is 0. The summed E-state index contributed by atoms with van der Waals surface area (Å²) in [5, 5.41) is 0. The molecular weight excluding hydrogens is 294 g/mol. The normalized spacial score (nSPS) is 10.8. The first-order valence-electron chi connectivity index (χ1n) is 7.43. The molecule has 0 saturated heterocycles. The van der Waals surface area contributed by atoms with Crippen LogP contribution in [0.15, 0.2) is 48.5 Å². The van der Waals surface area contributed by atoms with Crippen LogP contribution in [0.25, 0.3) is 0 Å². The molecule has 0 aromatic heterocycles. The van der Waals surface area contributed by atoms with Gasteiger partial charge in [0.05, 0.1) is 0 Å². The zero-order valence-corrected chi connectivity index (χ0v) is 13.5. The highest BCUT2D eigenvalue weighted by Gasteiger charge is 2.20. The Labute approximate surface area is 136 Å². The van der Waals surface area contributed by atoms with Crippen LogP contribution >= 0.6 is 0 Å². The van der Waals surface area contributed by atoms with E-state index in [1.807, 2.05) is 48.5 Å². The van der Waals surface area contributed by atoms with Crippen molar-refractivity contribution in [1.82, 2.24) is 0 Å². The molecule has 5 nitrogen and oxygen atoms in total. The van der Waals surface area contributed by atoms with E-state index in [4.69, 9.17) is 24.7 Å². The van der Waals surface area contributed by atoms with Crippen LogP contribution in [0.5, 0.6) is 11.5 Å². The lowest BCUT2D eigenvalue weighted by Crippen LogP contribution is -2.17. The maximum absolute atomic E-state index is 6.06. The van der Waals surface area contributed by atoms with Gasteiger partial charge in [-0.1, -0.05) is 36.4 Å². The molecule has 0 bridgehead atoms. The number of nitrogens with two attached hydrogens (primary N) is 1. The van der Waals surface area contributed by atoms with E-state index in [1.165, 1.54) is 0 Å². The Bertz CT molecular complexity index is 552. The fourth-order valence-corrected chi connectivity index (χ4v) is 2.47. The van der Waals surface area contributed by atoms with Gasteiger partial charge in [0.1, 0.15) is 11.5 Å². The average molecular weight is 317 g/mol. The molecule has 2 aromatic carbocycles. The van der Waals surface area contributed by atoms with Gasteiger partial charge < -0.3 is 24.7 Å². The van der Waals surface area contributed by atoms with E-state index in [9.17, 15) is 0 Å². The molecule has 0 atom stereocenters. The van der Waals surface area contributed by atoms with Gasteiger partial charge in [-0.2, -0.15) is 0 Å². The summed E-state index contributed by atoms with van der Waals surface area (Å²) in [5.41, 5.74) is 8.06. The van der Waals surface area contributed by atoms with E-state index in [0.29, 0.717) is 6.54 Å². The van der Waals surface area contributed by atoms with E-state index >= 15 is 0 Å². The highest BCUT2D eigenvalue weighted by Crippen LogP contribution is 2.35. The SMILES string of the molecule is COCOc1ccccc1C(CN)c1ccccc1OCOC. The quantitative estimate of drug-likeness (QED) is 0.721. The molecule has 0 unspecified atom stereocenters. The standard InChI is InChI=1S/C18H23NO4/c1-20-12-22-17-9-5-3-7-14(17)16(11-19)15-8-4-6-10-18(15)23-13-21-2/h3-10,16H,11-13,19H2,1-2H3. The van der Waals surface area contributed by atoms with Crippen LogP contribution < -0.4 is 15.2 Å². The summed E-state index contributed by atoms with van der Waals surface area (Å²) < 4.78 is 21.3. The van der Waals surface area contributed by atoms with E-state index in [0.717, 1.165) is 22.6 Å². The van der Waals surface area contributed by atoms with Crippen molar-refractivity contribution in [3.05, 3.63) is 59.7 Å². The van der Waals surface area contributed by atoms with E-state index in [-0.39, 0.29) is 19.5 Å². The van der Waals surface area contributed by atoms with E-state index < -0.39 is 0 Å². The summed E-state index contributed by atoms with van der Waals surface area (Å²) in [4.78, 5) is 0. The number of hydrogen-bond donors (Lipinski definition) is 1. The van der Waals surface area contributed by atoms with Crippen LogP contribution in [0.1, 0.15) is 17.0 Å². The number of rotatable bonds is 9. The Morgan fingerprint density at radius 2 is 1.22 bits per heavy atom. The zero-order valence-electron chi connectivity index (χ0n) is 13.5. The van der Waals surface area contributed by atoms with Gasteiger partial charge in [0, 0.05) is 37.8 Å². The third-order valence-electron chi connectivity index (χ3n) is 3.49. The van der Waals surface area contributed by atoms with Gasteiger partial charge in [-0.3, -0.25) is 0 Å². The first kappa shape index (κ1) is 17.3. The molecule has 0 amide bonds. The van der Waals surface area contributed by atoms with Crippen molar-refractivity contribution in [2.45, 2.75) is 5.92 Å². The Morgan fingerprint density at radius 1 is 0.783 bits per heavy atom. The highest BCUT2D eigenvalue weighted by atomic mass is 16.7. The summed E-state index contributed by atoms with van der Waals surface area (Å²) in [6.07, 6.45) is 0. The largest absolute Gasteiger partial charge is 0.467 e. The summed E-state index contributed by atoms with van der Waals surface area (Å²) in [5.74, 6) is 1.47. The molecule has 5 heteroatoms. The van der Waals surface area contributed by atoms with Gasteiger partial charge >= 0.3 is 0 Å². The van der Waals surface area contributed by atoms with Gasteiger partial charge in [-0.15, -0.1) is 0 Å². The van der Waals surface area contributed by atoms with Crippen molar-refractivity contribution in [3.63, 3.8) is 0 Å². The third kappa shape index (κ3) is 4.45. The van der Waals surface area contributed by atoms with Crippen molar-refractivity contribution in [1.29, 1.82) is 0 Å². The Balaban J connectivity index is 2.37. The number of methoxy groups -OCH3 is 2. The van der Waals surface area contributed by atoms with Gasteiger partial charge in [0.15, 0.2) is 13.6 Å². The van der Waals surface area contributed by atoms with Crippen molar-refractivity contribution < 1.29 is 18.9 Å². The number of para-hydroxylation sites is 2. The average Bonchev–Trinajstić information content (AvgIpc) is 2.60. The third-order valence-corrected chi connectivity index (χ3v) is 3.49. The van der Waals surface area contributed by atoms with Crippen LogP contribution in [0, 0.1) is 0 Å². The molecule has 2 aromatic rings. The molecule has 0 radical (unpaired) electrons. The highest BCUT2D eigenvalue weighted by molar-refractivity contribution is 5.47. The topological polar surface area (TPSA) is 62.9 Å². The molecule has 0 saturated carbocycles. The second kappa shape index (κ2) is 9.15. The van der Waals surface area contributed by atoms with Crippen molar-refractivity contribution >= 4 is 0 Å². The van der Waals surface area contributed by atoms with Gasteiger partial charge in [0.25, 0.3) is 0 Å². The second-order valence-electron chi connectivity index (χ2n) is 4.97. The maximum atomic E-state index is 6.06. The van der Waals surface area contributed by atoms with Crippen LogP contribution in [0.3, 0.4) is 0 Å². The summed E-state index contributed by atoms with van der Waals surface area (Å²) in [6.45, 7) is 0.812. The Morgan fingerprint density at radius 3 is 1.61 bits per heavy atom. The minimum Gasteiger partial charge on any atom is -0.467 e. The molecule has 0 aliphatic carbocycles. The minimum absolute atomic E-state index is 0.0453. The van der Waals surface area contributed by atoms with Gasteiger partial charge in [0.2, 0.25) is 0 Å². The zero-order chi connectivity index (χ0) is 16.5. The number of benzene rings is 2. The lowest BCUT2D eigenvalue weighted by molar-refractivity contribution is 0.0494. The Kier molecular flexibility index (Phi) is 6.87. The molecule has 0 spiro atoms. The van der Waals surface area contributed by atoms with Gasteiger partial charge in [-0.25, -0.2) is 0 Å². The van der Waals surface area contributed by atoms with E-state index in [1.54, 1.807) is 14.2 Å². The summed E-state index contributed by atoms with van der Waals surface area (Å²) in [7, 11) is 3.19. The van der Waals surface area contributed by atoms with Crippen molar-refractivity contribution in [2.75, 3.05) is 34.4 Å². The molecule has 0 heterocycles. The summed E-state index contributed by atoms with van der Waals surface area (Å²) in [6, 6.07) is 15.6. The van der Waals surface area contributed by atoms with Crippen LogP contribution in [-0.4, -0.2) is 34.4 Å². The maximum Gasteiger partial charge on any atom is 0.188 e. The van der Waals surface area contributed by atoms with Crippen molar-refractivity contribution in [2.24, 2.45) is 5.73 Å². The second-order valence-corrected chi connectivity index (χ2v) is 4.97. The predicted molar refractivity (Wildman–Crippen MR) is 88.8 cm³/mol. The molecular formula is C18H23NO4. The number of hydrogen-bond acceptors (Lipinski definition) is 5. The number of ether oxygens (including phenoxy) is 4. The van der Waals surface area contributed by atoms with Crippen LogP contribution in [0.4, 0.5) is 0 Å². The monoisotopic (exact) mass is 317 g/mol. The van der Waals surface area contributed by atoms with Gasteiger partial charge in [-0.05, 0) is 12.1 Å². The van der Waals surface area contributed by atoms with Crippen LogP contribution in [-0.2, 0) is 9.47 Å². The molecule has 2 N–H and O–H groups in total. The molecule has 23 heavy (non-hydrogen) atoms. The lowest BCUT2D eigenvalue weighted by Gasteiger charge is -2.22. The van der Waals surface area contributed by atoms with Crippen LogP contribution in [0.2, 0.25) is 0 Å². The molecule has 0 aliphatic rings. The smallest absolute Gasteiger partial charge is 0.188 e. The first-order chi connectivity index (χ1) is 11.3. The molecule has 124 valence electrons. The molecule has 0 fully saturated rings. The fourth-order valence-electron chi connectivity index (χ4n) is 2.47. The first-order valence-corrected chi connectivity index (χ1v) is 7.43. The fraction of sp³-hybridized carbons (Fsp3) is 0.333. The van der Waals surface area contributed by atoms with E-state index in [2.05, 4.69) is 0 Å². The predicted octanol–water partition coefficient (Wildman–Crippen LogP) is 2.74. The molecule has 2 rings (SSSR count).